The zero-order valence-corrected chi connectivity index (χ0v) is 12.7. The number of nitrogens with zero attached hydrogens (tertiary/aromatic N) is 5. The first-order valence-electron chi connectivity index (χ1n) is 7.53. The molecular weight excluding hydrogens is 308 g/mol. The van der Waals surface area contributed by atoms with E-state index in [1.807, 2.05) is 35.0 Å². The van der Waals surface area contributed by atoms with Gasteiger partial charge >= 0.3 is 0 Å². The molecule has 0 saturated heterocycles. The lowest BCUT2D eigenvalue weighted by Gasteiger charge is -1.96. The Balaban J connectivity index is 1.39. The molecule has 3 heterocycles. The van der Waals surface area contributed by atoms with Crippen LogP contribution in [0.2, 0.25) is 0 Å². The summed E-state index contributed by atoms with van der Waals surface area (Å²) < 4.78 is 7.38. The number of rotatable bonds is 6. The fourth-order valence-electron chi connectivity index (χ4n) is 2.41. The largest absolute Gasteiger partial charge is 0.423 e. The van der Waals surface area contributed by atoms with E-state index >= 15 is 0 Å². The Morgan fingerprint density at radius 3 is 2.92 bits per heavy atom. The van der Waals surface area contributed by atoms with Gasteiger partial charge in [0, 0.05) is 25.2 Å². The minimum atomic E-state index is -0.0828. The van der Waals surface area contributed by atoms with Gasteiger partial charge in [-0.3, -0.25) is 4.79 Å². The molecule has 120 valence electrons. The van der Waals surface area contributed by atoms with Gasteiger partial charge in [-0.25, -0.2) is 9.97 Å². The molecule has 1 N–H and O–H groups in total. The first kappa shape index (κ1) is 14.3. The van der Waals surface area contributed by atoms with Crippen molar-refractivity contribution < 1.29 is 9.21 Å². The van der Waals surface area contributed by atoms with Crippen molar-refractivity contribution in [3.8, 4) is 0 Å². The summed E-state index contributed by atoms with van der Waals surface area (Å²) in [5.41, 5.74) is 1.63. The minimum absolute atomic E-state index is 0.0828. The second kappa shape index (κ2) is 6.07. The molecule has 0 saturated carbocycles. The summed E-state index contributed by atoms with van der Waals surface area (Å²) in [7, 11) is 0. The highest BCUT2D eigenvalue weighted by Crippen LogP contribution is 2.13. The third kappa shape index (κ3) is 2.94. The third-order valence-electron chi connectivity index (χ3n) is 3.61. The molecule has 8 heteroatoms. The number of fused-ring (bicyclic) bond motifs is 1. The number of nitrogens with one attached hydrogen (secondary N) is 1. The number of carbonyl (C=O) groups excluding carboxylic acids is 1. The zero-order chi connectivity index (χ0) is 16.4. The normalized spacial score (nSPS) is 11.2. The maximum absolute atomic E-state index is 12.3. The summed E-state index contributed by atoms with van der Waals surface area (Å²) in [5.74, 6) is 1.20. The molecule has 0 unspecified atom stereocenters. The number of aromatic nitrogens is 6. The molecule has 1 aromatic carbocycles. The first-order chi connectivity index (χ1) is 11.8. The SMILES string of the molecule is O=C(CCc1nnc(Cn2ccnc2)o1)c1nc2ccccc2[nH]1. The molecule has 4 aromatic rings. The topological polar surface area (TPSA) is 102 Å². The van der Waals surface area contributed by atoms with Gasteiger partial charge in [0.15, 0.2) is 11.6 Å². The summed E-state index contributed by atoms with van der Waals surface area (Å²) >= 11 is 0. The molecule has 24 heavy (non-hydrogen) atoms. The number of hydrogen-bond donors (Lipinski definition) is 1. The van der Waals surface area contributed by atoms with Crippen LogP contribution in [0.15, 0.2) is 47.4 Å². The van der Waals surface area contributed by atoms with Crippen molar-refractivity contribution >= 4 is 16.8 Å². The maximum Gasteiger partial charge on any atom is 0.236 e. The van der Waals surface area contributed by atoms with Crippen molar-refractivity contribution in [2.24, 2.45) is 0 Å². The van der Waals surface area contributed by atoms with E-state index in [1.165, 1.54) is 0 Å². The highest BCUT2D eigenvalue weighted by molar-refractivity contribution is 5.95. The lowest BCUT2D eigenvalue weighted by Crippen LogP contribution is -2.03. The Labute approximate surface area is 136 Å². The van der Waals surface area contributed by atoms with Gasteiger partial charge in [0.1, 0.15) is 6.54 Å². The number of ketones is 1. The number of hydrogen-bond acceptors (Lipinski definition) is 6. The molecular formula is C16H14N6O2. The molecule has 4 rings (SSSR count). The van der Waals surface area contributed by atoms with Gasteiger partial charge in [0.2, 0.25) is 11.8 Å². The predicted octanol–water partition coefficient (Wildman–Crippen LogP) is 2.01. The minimum Gasteiger partial charge on any atom is -0.423 e. The van der Waals surface area contributed by atoms with Crippen molar-refractivity contribution in [1.29, 1.82) is 0 Å². The quantitative estimate of drug-likeness (QED) is 0.545. The number of para-hydroxylation sites is 2. The van der Waals surface area contributed by atoms with Crippen molar-refractivity contribution in [3.05, 3.63) is 60.6 Å². The highest BCUT2D eigenvalue weighted by Gasteiger charge is 2.14. The molecule has 0 bridgehead atoms. The van der Waals surface area contributed by atoms with Crippen LogP contribution in [-0.2, 0) is 13.0 Å². The van der Waals surface area contributed by atoms with E-state index in [0.29, 0.717) is 30.6 Å². The fraction of sp³-hybridized carbons (Fsp3) is 0.188. The first-order valence-corrected chi connectivity index (χ1v) is 7.53. The Morgan fingerprint density at radius 2 is 2.08 bits per heavy atom. The fourth-order valence-corrected chi connectivity index (χ4v) is 2.41. The Kier molecular flexibility index (Phi) is 3.62. The van der Waals surface area contributed by atoms with Gasteiger partial charge in [-0.2, -0.15) is 0 Å². The molecule has 0 atom stereocenters. The average molecular weight is 322 g/mol. The van der Waals surface area contributed by atoms with E-state index in [9.17, 15) is 4.79 Å². The van der Waals surface area contributed by atoms with Gasteiger partial charge in [0.05, 0.1) is 17.4 Å². The van der Waals surface area contributed by atoms with Gasteiger partial charge in [0.25, 0.3) is 0 Å². The van der Waals surface area contributed by atoms with E-state index in [1.54, 1.807) is 12.5 Å². The molecule has 3 aromatic heterocycles. The van der Waals surface area contributed by atoms with Crippen LogP contribution in [-0.4, -0.2) is 35.5 Å². The Hall–Kier alpha value is -3.29. The van der Waals surface area contributed by atoms with Crippen molar-refractivity contribution in [1.82, 2.24) is 29.7 Å². The standard InChI is InChI=1S/C16H14N6O2/c23-13(16-18-11-3-1-2-4-12(11)19-16)5-6-14-20-21-15(24-14)9-22-8-7-17-10-22/h1-4,7-8,10H,5-6,9H2,(H,18,19). The van der Waals surface area contributed by atoms with Gasteiger partial charge in [-0.15, -0.1) is 10.2 Å². The molecule has 0 spiro atoms. The van der Waals surface area contributed by atoms with Crippen LogP contribution in [0, 0.1) is 0 Å². The number of benzene rings is 1. The van der Waals surface area contributed by atoms with E-state index in [-0.39, 0.29) is 12.2 Å². The zero-order valence-electron chi connectivity index (χ0n) is 12.7. The molecule has 0 aliphatic heterocycles. The number of Topliss-reactive ketones (excluding diaryl/α,β-unsaturated/α-hetero) is 1. The maximum atomic E-state index is 12.3. The summed E-state index contributed by atoms with van der Waals surface area (Å²) in [6.07, 6.45) is 5.81. The molecule has 0 fully saturated rings. The van der Waals surface area contributed by atoms with Crippen LogP contribution < -0.4 is 0 Å². The van der Waals surface area contributed by atoms with Gasteiger partial charge in [-0.05, 0) is 12.1 Å². The summed E-state index contributed by atoms with van der Waals surface area (Å²) in [6.45, 7) is 0.463. The molecule has 0 aliphatic rings. The average Bonchev–Trinajstić information content (AvgIpc) is 3.33. The number of H-pyrrole nitrogens is 1. The molecule has 8 nitrogen and oxygen atoms in total. The second-order valence-electron chi connectivity index (χ2n) is 5.35. The second-order valence-corrected chi connectivity index (χ2v) is 5.35. The predicted molar refractivity (Wildman–Crippen MR) is 84.4 cm³/mol. The van der Waals surface area contributed by atoms with E-state index in [4.69, 9.17) is 4.42 Å². The smallest absolute Gasteiger partial charge is 0.236 e. The van der Waals surface area contributed by atoms with Crippen LogP contribution in [0.5, 0.6) is 0 Å². The number of aromatic amines is 1. The van der Waals surface area contributed by atoms with Crippen LogP contribution in [0.4, 0.5) is 0 Å². The summed E-state index contributed by atoms with van der Waals surface area (Å²) in [5, 5.41) is 7.95. The van der Waals surface area contributed by atoms with Crippen LogP contribution >= 0.6 is 0 Å². The lowest BCUT2D eigenvalue weighted by atomic mass is 10.2. The van der Waals surface area contributed by atoms with Crippen LogP contribution in [0.3, 0.4) is 0 Å². The van der Waals surface area contributed by atoms with Crippen molar-refractivity contribution in [3.63, 3.8) is 0 Å². The molecule has 0 aliphatic carbocycles. The third-order valence-corrected chi connectivity index (χ3v) is 3.61. The highest BCUT2D eigenvalue weighted by atomic mass is 16.4. The van der Waals surface area contributed by atoms with Gasteiger partial charge < -0.3 is 14.0 Å². The van der Waals surface area contributed by atoms with Crippen LogP contribution in [0.25, 0.3) is 11.0 Å². The van der Waals surface area contributed by atoms with E-state index < -0.39 is 0 Å². The number of carbonyl (C=O) groups is 1. The van der Waals surface area contributed by atoms with Crippen LogP contribution in [0.1, 0.15) is 28.8 Å². The number of aryl methyl sites for hydroxylation is 1. The summed E-state index contributed by atoms with van der Waals surface area (Å²) in [4.78, 5) is 23.5. The monoisotopic (exact) mass is 322 g/mol. The number of imidazole rings is 2. The van der Waals surface area contributed by atoms with Crippen molar-refractivity contribution in [2.75, 3.05) is 0 Å². The molecule has 0 radical (unpaired) electrons. The molecule has 0 amide bonds. The Bertz CT molecular complexity index is 936. The van der Waals surface area contributed by atoms with Crippen molar-refractivity contribution in [2.45, 2.75) is 19.4 Å². The Morgan fingerprint density at radius 1 is 1.21 bits per heavy atom. The van der Waals surface area contributed by atoms with E-state index in [2.05, 4.69) is 25.1 Å². The lowest BCUT2D eigenvalue weighted by molar-refractivity contribution is 0.0971. The van der Waals surface area contributed by atoms with E-state index in [0.717, 1.165) is 11.0 Å². The van der Waals surface area contributed by atoms with Gasteiger partial charge in [-0.1, -0.05) is 12.1 Å². The summed E-state index contributed by atoms with van der Waals surface area (Å²) in [6, 6.07) is 7.54.